The van der Waals surface area contributed by atoms with Crippen LogP contribution >= 0.6 is 0 Å². The van der Waals surface area contributed by atoms with Crippen molar-refractivity contribution in [2.45, 2.75) is 89.5 Å². The highest BCUT2D eigenvalue weighted by Gasteiger charge is 2.51. The van der Waals surface area contributed by atoms with Crippen LogP contribution in [0, 0.1) is 11.8 Å². The van der Waals surface area contributed by atoms with E-state index in [9.17, 15) is 32.7 Å². The van der Waals surface area contributed by atoms with Crippen LogP contribution in [0.15, 0.2) is 35.4 Å². The molecule has 0 bridgehead atoms. The highest BCUT2D eigenvalue weighted by Crippen LogP contribution is 2.42. The van der Waals surface area contributed by atoms with E-state index >= 15 is 0 Å². The number of nitrogens with one attached hydrogen (secondary N) is 1. The van der Waals surface area contributed by atoms with Gasteiger partial charge in [0.25, 0.3) is 5.91 Å². The average molecular weight is 565 g/mol. The van der Waals surface area contributed by atoms with Gasteiger partial charge in [0, 0.05) is 44.1 Å². The first-order valence-corrected chi connectivity index (χ1v) is 14.3. The number of nitrogens with zero attached hydrogens (tertiary/aromatic N) is 1. The Morgan fingerprint density at radius 2 is 1.82 bits per heavy atom. The second kappa shape index (κ2) is 12.3. The Kier molecular flexibility index (Phi) is 9.27. The summed E-state index contributed by atoms with van der Waals surface area (Å²) < 4.78 is 44.7. The van der Waals surface area contributed by atoms with Gasteiger partial charge in [-0.3, -0.25) is 9.59 Å². The molecule has 1 atom stereocenters. The zero-order valence-corrected chi connectivity index (χ0v) is 23.2. The average Bonchev–Trinajstić information content (AvgIpc) is 3.16. The molecule has 4 rings (SSSR count). The summed E-state index contributed by atoms with van der Waals surface area (Å²) >= 11 is 0. The molecule has 1 saturated heterocycles. The molecule has 1 spiro atoms. The van der Waals surface area contributed by atoms with Crippen LogP contribution in [0.2, 0.25) is 0 Å². The number of aryl methyl sites for hydroxylation is 1. The van der Waals surface area contributed by atoms with Gasteiger partial charge in [0.15, 0.2) is 0 Å². The number of carbonyl (C=O) groups excluding carboxylic acids is 2. The van der Waals surface area contributed by atoms with Crippen LogP contribution in [0.25, 0.3) is 0 Å². The maximum absolute atomic E-state index is 13.3. The lowest BCUT2D eigenvalue weighted by Crippen LogP contribution is -2.52. The van der Waals surface area contributed by atoms with Gasteiger partial charge in [-0.2, -0.15) is 13.2 Å². The first kappa shape index (κ1) is 30.1. The number of halogens is 3. The monoisotopic (exact) mass is 564 g/mol. The number of hydrogen-bond acceptors (Lipinski definition) is 5. The molecule has 7 nitrogen and oxygen atoms in total. The lowest BCUT2D eigenvalue weighted by Gasteiger charge is -2.44. The topological polar surface area (TPSA) is 95.9 Å². The van der Waals surface area contributed by atoms with Crippen LogP contribution < -0.4 is 5.32 Å². The molecule has 3 aliphatic rings. The quantitative estimate of drug-likeness (QED) is 0.404. The molecule has 10 heteroatoms. The highest BCUT2D eigenvalue weighted by molar-refractivity contribution is 6.07. The van der Waals surface area contributed by atoms with Gasteiger partial charge >= 0.3 is 18.1 Å². The van der Waals surface area contributed by atoms with Gasteiger partial charge in [-0.15, -0.1) is 0 Å². The summed E-state index contributed by atoms with van der Waals surface area (Å²) in [5.74, 6) is -1.58. The fourth-order valence-corrected chi connectivity index (χ4v) is 6.40. The van der Waals surface area contributed by atoms with Gasteiger partial charge in [-0.05, 0) is 69.4 Å². The largest absolute Gasteiger partial charge is 0.481 e. The van der Waals surface area contributed by atoms with Crippen molar-refractivity contribution >= 4 is 17.8 Å². The summed E-state index contributed by atoms with van der Waals surface area (Å²) in [6.45, 7) is 5.37. The normalized spacial score (nSPS) is 24.2. The van der Waals surface area contributed by atoms with Crippen molar-refractivity contribution < 1.29 is 37.4 Å². The number of likely N-dealkylation sites (tertiary alicyclic amines) is 1. The third-order valence-corrected chi connectivity index (χ3v) is 8.92. The molecular formula is C30H39F3N2O5. The van der Waals surface area contributed by atoms with Gasteiger partial charge in [0.05, 0.1) is 17.1 Å². The second-order valence-corrected chi connectivity index (χ2v) is 11.7. The molecule has 1 saturated carbocycles. The van der Waals surface area contributed by atoms with E-state index in [4.69, 9.17) is 4.74 Å². The van der Waals surface area contributed by atoms with Crippen molar-refractivity contribution in [3.05, 3.63) is 46.5 Å². The van der Waals surface area contributed by atoms with Crippen LogP contribution in [0.3, 0.4) is 0 Å². The van der Waals surface area contributed by atoms with Crippen molar-refractivity contribution in [2.24, 2.45) is 11.8 Å². The maximum Gasteiger partial charge on any atom is 0.416 e. The SMILES string of the molecule is CC1=C(C(=O)NCC[C@H](C)CCc2cccc(C(F)(F)F)c2)C2(CCN(C3CCC(C(=O)O)CC3)CC2)OC1=O. The standard InChI is InChI=1S/C30H39F3N2O5/c1-19(6-7-21-4-3-5-23(18-21)30(31,32)33)12-15-34-26(36)25-20(2)28(39)40-29(25)13-16-35(17-14-29)24-10-8-22(9-11-24)27(37)38/h3-5,18-19,22,24H,6-17H2,1-2H3,(H,34,36)(H,37,38)/t19-,22?,24?/m1/s1. The van der Waals surface area contributed by atoms with Gasteiger partial charge in [-0.25, -0.2) is 4.79 Å². The Labute approximate surface area is 233 Å². The number of hydrogen-bond donors (Lipinski definition) is 2. The number of amides is 1. The van der Waals surface area contributed by atoms with Crippen LogP contribution in [0.4, 0.5) is 13.2 Å². The lowest BCUT2D eigenvalue weighted by atomic mass is 9.80. The van der Waals surface area contributed by atoms with E-state index in [0.29, 0.717) is 87.3 Å². The summed E-state index contributed by atoms with van der Waals surface area (Å²) in [6.07, 6.45) is 1.54. The number of alkyl halides is 3. The number of carbonyl (C=O) groups is 3. The highest BCUT2D eigenvalue weighted by atomic mass is 19.4. The Morgan fingerprint density at radius 3 is 2.45 bits per heavy atom. The minimum Gasteiger partial charge on any atom is -0.481 e. The molecule has 2 heterocycles. The lowest BCUT2D eigenvalue weighted by molar-refractivity contribution is -0.151. The van der Waals surface area contributed by atoms with E-state index in [-0.39, 0.29) is 17.7 Å². The van der Waals surface area contributed by atoms with Crippen molar-refractivity contribution in [1.29, 1.82) is 0 Å². The molecule has 2 fully saturated rings. The molecule has 40 heavy (non-hydrogen) atoms. The molecule has 1 aromatic carbocycles. The molecule has 0 radical (unpaired) electrons. The second-order valence-electron chi connectivity index (χ2n) is 11.7. The van der Waals surface area contributed by atoms with Crippen LogP contribution in [0.5, 0.6) is 0 Å². The Bertz CT molecular complexity index is 1130. The molecule has 2 aliphatic heterocycles. The van der Waals surface area contributed by atoms with Crippen LogP contribution in [-0.4, -0.2) is 59.1 Å². The van der Waals surface area contributed by atoms with Crippen molar-refractivity contribution in [3.63, 3.8) is 0 Å². The maximum atomic E-state index is 13.3. The first-order valence-electron chi connectivity index (χ1n) is 14.3. The van der Waals surface area contributed by atoms with Crippen LogP contribution in [-0.2, 0) is 31.7 Å². The summed E-state index contributed by atoms with van der Waals surface area (Å²) in [7, 11) is 0. The minimum absolute atomic E-state index is 0.180. The third kappa shape index (κ3) is 6.87. The molecule has 1 aromatic rings. The molecular weight excluding hydrogens is 525 g/mol. The summed E-state index contributed by atoms with van der Waals surface area (Å²) in [6, 6.07) is 5.69. The molecule has 1 aliphatic carbocycles. The molecule has 220 valence electrons. The van der Waals surface area contributed by atoms with E-state index in [1.807, 2.05) is 6.92 Å². The number of aliphatic carboxylic acids is 1. The third-order valence-electron chi connectivity index (χ3n) is 8.92. The Balaban J connectivity index is 1.26. The van der Waals surface area contributed by atoms with Gasteiger partial charge in [0.1, 0.15) is 5.60 Å². The first-order chi connectivity index (χ1) is 18.9. The Hall–Kier alpha value is -2.88. The van der Waals surface area contributed by atoms with Gasteiger partial charge in [0.2, 0.25) is 0 Å². The summed E-state index contributed by atoms with van der Waals surface area (Å²) in [4.78, 5) is 39.4. The zero-order chi connectivity index (χ0) is 29.1. The predicted octanol–water partition coefficient (Wildman–Crippen LogP) is 5.13. The number of carboxylic acids is 1. The summed E-state index contributed by atoms with van der Waals surface area (Å²) in [5.41, 5.74) is -0.202. The van der Waals surface area contributed by atoms with E-state index in [0.717, 1.165) is 18.9 Å². The number of esters is 1. The van der Waals surface area contributed by atoms with E-state index < -0.39 is 29.3 Å². The molecule has 0 aromatic heterocycles. The minimum atomic E-state index is -4.36. The van der Waals surface area contributed by atoms with E-state index in [1.54, 1.807) is 13.0 Å². The van der Waals surface area contributed by atoms with Crippen molar-refractivity contribution in [3.8, 4) is 0 Å². The number of benzene rings is 1. The molecule has 0 unspecified atom stereocenters. The number of ether oxygens (including phenoxy) is 1. The van der Waals surface area contributed by atoms with E-state index in [1.165, 1.54) is 12.1 Å². The fourth-order valence-electron chi connectivity index (χ4n) is 6.40. The fraction of sp³-hybridized carbons (Fsp3) is 0.633. The van der Waals surface area contributed by atoms with Crippen molar-refractivity contribution in [2.75, 3.05) is 19.6 Å². The van der Waals surface area contributed by atoms with Gasteiger partial charge in [-0.1, -0.05) is 25.1 Å². The zero-order valence-electron chi connectivity index (χ0n) is 23.2. The summed E-state index contributed by atoms with van der Waals surface area (Å²) in [5, 5.41) is 12.2. The van der Waals surface area contributed by atoms with Crippen LogP contribution in [0.1, 0.15) is 76.3 Å². The van der Waals surface area contributed by atoms with Gasteiger partial charge < -0.3 is 20.1 Å². The Morgan fingerprint density at radius 1 is 1.15 bits per heavy atom. The van der Waals surface area contributed by atoms with Crippen molar-refractivity contribution in [1.82, 2.24) is 10.2 Å². The number of rotatable bonds is 9. The number of piperidine rings is 1. The predicted molar refractivity (Wildman–Crippen MR) is 142 cm³/mol. The number of carboxylic acid groups (broad SMARTS) is 1. The smallest absolute Gasteiger partial charge is 0.416 e. The molecule has 1 amide bonds. The molecule has 2 N–H and O–H groups in total. The van der Waals surface area contributed by atoms with E-state index in [2.05, 4.69) is 10.2 Å².